The van der Waals surface area contributed by atoms with E-state index in [4.69, 9.17) is 9.47 Å². The first-order valence-electron chi connectivity index (χ1n) is 19.5. The van der Waals surface area contributed by atoms with Gasteiger partial charge in [0.2, 0.25) is 0 Å². The lowest BCUT2D eigenvalue weighted by molar-refractivity contribution is -0.167. The van der Waals surface area contributed by atoms with Crippen LogP contribution in [0.3, 0.4) is 0 Å². The third-order valence-electron chi connectivity index (χ3n) is 9.19. The van der Waals surface area contributed by atoms with Gasteiger partial charge in [0.05, 0.1) is 18.4 Å². The minimum atomic E-state index is -0.785. The van der Waals surface area contributed by atoms with Crippen molar-refractivity contribution in [3.8, 4) is 0 Å². The molecule has 0 spiro atoms. The summed E-state index contributed by atoms with van der Waals surface area (Å²) in [7, 11) is 0. The largest absolute Gasteiger partial charge is 0.461 e. The molecular formula is C39H76O5. The first-order valence-corrected chi connectivity index (χ1v) is 19.5. The molecule has 0 aromatic rings. The van der Waals surface area contributed by atoms with Crippen molar-refractivity contribution in [3.63, 3.8) is 0 Å². The number of aliphatic hydroxyl groups excluding tert-OH is 1. The third-order valence-corrected chi connectivity index (χ3v) is 9.19. The van der Waals surface area contributed by atoms with Crippen LogP contribution in [0, 0.1) is 11.8 Å². The maximum absolute atomic E-state index is 13.2. The van der Waals surface area contributed by atoms with Crippen LogP contribution in [-0.2, 0) is 19.1 Å². The number of unbranched alkanes of at least 4 members (excludes halogenated alkanes) is 20. The van der Waals surface area contributed by atoms with Gasteiger partial charge >= 0.3 is 11.9 Å². The first kappa shape index (κ1) is 42.9. The molecule has 262 valence electrons. The van der Waals surface area contributed by atoms with Crippen LogP contribution in [0.2, 0.25) is 0 Å². The third kappa shape index (κ3) is 26.1. The maximum atomic E-state index is 13.2. The highest BCUT2D eigenvalue weighted by atomic mass is 16.6. The number of hydrogen-bond donors (Lipinski definition) is 1. The van der Waals surface area contributed by atoms with E-state index >= 15 is 0 Å². The number of ether oxygens (including phenoxy) is 2. The first-order chi connectivity index (χ1) is 21.5. The monoisotopic (exact) mass is 625 g/mol. The fraction of sp³-hybridized carbons (Fsp3) is 0.949. The minimum absolute atomic E-state index is 0.0505. The van der Waals surface area contributed by atoms with Gasteiger partial charge in [0, 0.05) is 0 Å². The Balaban J connectivity index is 4.87. The van der Waals surface area contributed by atoms with Crippen LogP contribution in [0.1, 0.15) is 207 Å². The zero-order valence-electron chi connectivity index (χ0n) is 30.0. The SMILES string of the molecule is CCCCCCCCCC(CCCCCCC)C(=O)OCC(CO)OC(=O)C(CCCCCCC)CCCCCCCCC. The van der Waals surface area contributed by atoms with Crippen LogP contribution in [0.15, 0.2) is 0 Å². The zero-order chi connectivity index (χ0) is 32.5. The summed E-state index contributed by atoms with van der Waals surface area (Å²) >= 11 is 0. The molecule has 44 heavy (non-hydrogen) atoms. The van der Waals surface area contributed by atoms with Gasteiger partial charge in [0.15, 0.2) is 6.10 Å². The fourth-order valence-electron chi connectivity index (χ4n) is 6.12. The summed E-state index contributed by atoms with van der Waals surface area (Å²) in [4.78, 5) is 26.4. The van der Waals surface area contributed by atoms with Gasteiger partial charge in [-0.15, -0.1) is 0 Å². The molecule has 0 rings (SSSR count). The van der Waals surface area contributed by atoms with Crippen molar-refractivity contribution in [2.75, 3.05) is 13.2 Å². The lowest BCUT2D eigenvalue weighted by Crippen LogP contribution is -2.32. The summed E-state index contributed by atoms with van der Waals surface area (Å²) in [5.41, 5.74) is 0. The summed E-state index contributed by atoms with van der Waals surface area (Å²) in [5.74, 6) is -0.644. The minimum Gasteiger partial charge on any atom is -0.461 e. The Morgan fingerprint density at radius 3 is 1.07 bits per heavy atom. The fourth-order valence-corrected chi connectivity index (χ4v) is 6.12. The molecule has 0 aromatic carbocycles. The Hall–Kier alpha value is -1.10. The molecular weight excluding hydrogens is 548 g/mol. The number of hydrogen-bond acceptors (Lipinski definition) is 5. The van der Waals surface area contributed by atoms with E-state index in [1.807, 2.05) is 0 Å². The van der Waals surface area contributed by atoms with Crippen molar-refractivity contribution in [1.82, 2.24) is 0 Å². The topological polar surface area (TPSA) is 72.8 Å². The number of rotatable bonds is 34. The lowest BCUT2D eigenvalue weighted by Gasteiger charge is -2.22. The lowest BCUT2D eigenvalue weighted by atomic mass is 9.94. The van der Waals surface area contributed by atoms with E-state index in [-0.39, 0.29) is 37.0 Å². The van der Waals surface area contributed by atoms with E-state index in [2.05, 4.69) is 27.7 Å². The smallest absolute Gasteiger partial charge is 0.309 e. The molecule has 0 amide bonds. The van der Waals surface area contributed by atoms with Gasteiger partial charge < -0.3 is 14.6 Å². The molecule has 1 N–H and O–H groups in total. The number of carbonyl (C=O) groups excluding carboxylic acids is 2. The van der Waals surface area contributed by atoms with Crippen LogP contribution in [-0.4, -0.2) is 36.4 Å². The van der Waals surface area contributed by atoms with E-state index in [1.165, 1.54) is 109 Å². The quantitative estimate of drug-likeness (QED) is 0.0569. The highest BCUT2D eigenvalue weighted by Crippen LogP contribution is 2.23. The summed E-state index contributed by atoms with van der Waals surface area (Å²) in [6, 6.07) is 0. The molecule has 0 saturated heterocycles. The van der Waals surface area contributed by atoms with Gasteiger partial charge in [0.1, 0.15) is 6.61 Å². The van der Waals surface area contributed by atoms with Crippen molar-refractivity contribution in [2.24, 2.45) is 11.8 Å². The van der Waals surface area contributed by atoms with Gasteiger partial charge in [-0.3, -0.25) is 9.59 Å². The molecule has 5 nitrogen and oxygen atoms in total. The molecule has 0 heterocycles. The van der Waals surface area contributed by atoms with Crippen LogP contribution in [0.5, 0.6) is 0 Å². The molecule has 0 bridgehead atoms. The molecule has 0 fully saturated rings. The predicted octanol–water partition coefficient (Wildman–Crippen LogP) is 11.7. The van der Waals surface area contributed by atoms with Crippen LogP contribution in [0.25, 0.3) is 0 Å². The van der Waals surface area contributed by atoms with E-state index in [1.54, 1.807) is 0 Å². The maximum Gasteiger partial charge on any atom is 0.309 e. The second-order valence-corrected chi connectivity index (χ2v) is 13.5. The van der Waals surface area contributed by atoms with E-state index < -0.39 is 6.10 Å². The van der Waals surface area contributed by atoms with Crippen LogP contribution >= 0.6 is 0 Å². The summed E-state index contributed by atoms with van der Waals surface area (Å²) in [5, 5.41) is 10.0. The Bertz CT molecular complexity index is 622. The Morgan fingerprint density at radius 2 is 0.750 bits per heavy atom. The molecule has 0 saturated carbocycles. The van der Waals surface area contributed by atoms with E-state index in [0.717, 1.165) is 70.6 Å². The highest BCUT2D eigenvalue weighted by Gasteiger charge is 2.25. The summed E-state index contributed by atoms with van der Waals surface area (Å²) in [6.07, 6.45) is 31.5. The second kappa shape index (κ2) is 33.3. The van der Waals surface area contributed by atoms with E-state index in [0.29, 0.717) is 0 Å². The summed E-state index contributed by atoms with van der Waals surface area (Å²) in [6.45, 7) is 8.54. The zero-order valence-corrected chi connectivity index (χ0v) is 30.0. The van der Waals surface area contributed by atoms with Crippen molar-refractivity contribution in [3.05, 3.63) is 0 Å². The molecule has 0 aliphatic carbocycles. The predicted molar refractivity (Wildman–Crippen MR) is 187 cm³/mol. The Labute approximate surface area is 274 Å². The number of carbonyl (C=O) groups is 2. The van der Waals surface area contributed by atoms with Gasteiger partial charge in [-0.25, -0.2) is 0 Å². The van der Waals surface area contributed by atoms with Crippen molar-refractivity contribution >= 4 is 11.9 Å². The standard InChI is InChI=1S/C39H76O5/c1-5-9-13-17-19-23-27-30-35(29-25-21-15-11-7-3)38(41)43-34-37(33-40)44-39(42)36(31-26-22-16-12-8-4)32-28-24-20-18-14-10-6-2/h35-37,40H,5-34H2,1-4H3. The normalized spacial score (nSPS) is 13.5. The van der Waals surface area contributed by atoms with Crippen LogP contribution in [0.4, 0.5) is 0 Å². The van der Waals surface area contributed by atoms with Crippen LogP contribution < -0.4 is 0 Å². The Morgan fingerprint density at radius 1 is 0.455 bits per heavy atom. The molecule has 0 aliphatic rings. The average molecular weight is 625 g/mol. The molecule has 3 unspecified atom stereocenters. The summed E-state index contributed by atoms with van der Waals surface area (Å²) < 4.78 is 11.5. The highest BCUT2D eigenvalue weighted by molar-refractivity contribution is 5.73. The van der Waals surface area contributed by atoms with Gasteiger partial charge in [0.25, 0.3) is 0 Å². The average Bonchev–Trinajstić information content (AvgIpc) is 3.03. The number of aliphatic hydroxyl groups is 1. The second-order valence-electron chi connectivity index (χ2n) is 13.5. The van der Waals surface area contributed by atoms with Crippen molar-refractivity contribution in [1.29, 1.82) is 0 Å². The molecule has 0 aromatic heterocycles. The Kier molecular flexibility index (Phi) is 32.4. The molecule has 5 heteroatoms. The molecule has 3 atom stereocenters. The van der Waals surface area contributed by atoms with Gasteiger partial charge in [-0.2, -0.15) is 0 Å². The number of esters is 2. The molecule has 0 aliphatic heterocycles. The van der Waals surface area contributed by atoms with Crippen molar-refractivity contribution in [2.45, 2.75) is 214 Å². The van der Waals surface area contributed by atoms with E-state index in [9.17, 15) is 14.7 Å². The van der Waals surface area contributed by atoms with Gasteiger partial charge in [-0.05, 0) is 25.7 Å². The molecule has 0 radical (unpaired) electrons. The van der Waals surface area contributed by atoms with Gasteiger partial charge in [-0.1, -0.05) is 182 Å². The van der Waals surface area contributed by atoms with Crippen molar-refractivity contribution < 1.29 is 24.2 Å².